The second-order valence-corrected chi connectivity index (χ2v) is 5.03. The molecule has 104 valence electrons. The van der Waals surface area contributed by atoms with Crippen LogP contribution in [0, 0.1) is 0 Å². The van der Waals surface area contributed by atoms with Crippen molar-refractivity contribution in [3.8, 4) is 0 Å². The Morgan fingerprint density at radius 2 is 2.05 bits per heavy atom. The van der Waals surface area contributed by atoms with Crippen molar-refractivity contribution in [1.82, 2.24) is 4.98 Å². The molecule has 7 heteroatoms. The fourth-order valence-corrected chi connectivity index (χ4v) is 1.39. The summed E-state index contributed by atoms with van der Waals surface area (Å²) in [5.74, 6) is -1.16. The van der Waals surface area contributed by atoms with E-state index < -0.39 is 17.7 Å². The van der Waals surface area contributed by atoms with Crippen LogP contribution in [-0.2, 0) is 10.6 Å². The van der Waals surface area contributed by atoms with E-state index >= 15 is 0 Å². The minimum atomic E-state index is -1.19. The van der Waals surface area contributed by atoms with Crippen LogP contribution in [0.15, 0.2) is 12.1 Å². The summed E-state index contributed by atoms with van der Waals surface area (Å²) in [6.45, 7) is 5.11. The predicted octanol–water partition coefficient (Wildman–Crippen LogP) is 2.87. The van der Waals surface area contributed by atoms with Gasteiger partial charge in [0.15, 0.2) is 0 Å². The number of carboxylic acid groups (broad SMARTS) is 1. The third-order valence-electron chi connectivity index (χ3n) is 1.94. The standard InChI is InChI=1S/C12H15ClN2O4/c1-12(2,3)19-11(18)15-9-8(10(16)17)5-4-7(6-13)14-9/h4-5H,6H2,1-3H3,(H,16,17)(H,14,15,18). The number of hydrogen-bond donors (Lipinski definition) is 2. The van der Waals surface area contributed by atoms with Gasteiger partial charge in [-0.25, -0.2) is 14.6 Å². The molecule has 0 radical (unpaired) electrons. The molecular formula is C12H15ClN2O4. The van der Waals surface area contributed by atoms with Gasteiger partial charge < -0.3 is 9.84 Å². The summed E-state index contributed by atoms with van der Waals surface area (Å²) in [5, 5.41) is 11.3. The van der Waals surface area contributed by atoms with Gasteiger partial charge in [0, 0.05) is 0 Å². The molecule has 0 aliphatic heterocycles. The molecule has 0 fully saturated rings. The van der Waals surface area contributed by atoms with Crippen LogP contribution < -0.4 is 5.32 Å². The summed E-state index contributed by atoms with van der Waals surface area (Å²) in [5.41, 5.74) is -0.352. The number of hydrogen-bond acceptors (Lipinski definition) is 4. The van der Waals surface area contributed by atoms with E-state index in [-0.39, 0.29) is 17.3 Å². The summed E-state index contributed by atoms with van der Waals surface area (Å²) in [7, 11) is 0. The molecule has 1 rings (SSSR count). The van der Waals surface area contributed by atoms with Gasteiger partial charge in [0.25, 0.3) is 0 Å². The van der Waals surface area contributed by atoms with Crippen LogP contribution in [0.2, 0.25) is 0 Å². The SMILES string of the molecule is CC(C)(C)OC(=O)Nc1nc(CCl)ccc1C(=O)O. The quantitative estimate of drug-likeness (QED) is 0.834. The Labute approximate surface area is 115 Å². The van der Waals surface area contributed by atoms with Gasteiger partial charge in [0.2, 0.25) is 0 Å². The number of halogens is 1. The maximum atomic E-state index is 11.6. The molecule has 1 heterocycles. The van der Waals surface area contributed by atoms with Crippen molar-refractivity contribution < 1.29 is 19.4 Å². The first-order valence-electron chi connectivity index (χ1n) is 5.52. The molecule has 0 aromatic carbocycles. The molecule has 0 atom stereocenters. The van der Waals surface area contributed by atoms with Gasteiger partial charge in [0.05, 0.1) is 11.6 Å². The van der Waals surface area contributed by atoms with Crippen LogP contribution >= 0.6 is 11.6 Å². The molecule has 0 saturated heterocycles. The van der Waals surface area contributed by atoms with Gasteiger partial charge >= 0.3 is 12.1 Å². The molecule has 0 saturated carbocycles. The smallest absolute Gasteiger partial charge is 0.413 e. The molecule has 0 bridgehead atoms. The summed E-state index contributed by atoms with van der Waals surface area (Å²) in [6, 6.07) is 2.82. The Morgan fingerprint density at radius 1 is 1.42 bits per heavy atom. The maximum Gasteiger partial charge on any atom is 0.413 e. The number of ether oxygens (including phenoxy) is 1. The van der Waals surface area contributed by atoms with Gasteiger partial charge in [-0.15, -0.1) is 11.6 Å². The molecule has 0 aliphatic rings. The second-order valence-electron chi connectivity index (χ2n) is 4.76. The molecule has 6 nitrogen and oxygen atoms in total. The average molecular weight is 287 g/mol. The van der Waals surface area contributed by atoms with Gasteiger partial charge in [0.1, 0.15) is 17.0 Å². The number of carboxylic acids is 1. The fourth-order valence-electron chi connectivity index (χ4n) is 1.24. The first-order chi connectivity index (χ1) is 8.73. The highest BCUT2D eigenvalue weighted by molar-refractivity contribution is 6.17. The van der Waals surface area contributed by atoms with Crippen molar-refractivity contribution in [2.24, 2.45) is 0 Å². The number of carbonyl (C=O) groups is 2. The molecule has 0 spiro atoms. The lowest BCUT2D eigenvalue weighted by atomic mass is 10.2. The number of nitrogens with one attached hydrogen (secondary N) is 1. The minimum absolute atomic E-state index is 0.0834. The molecular weight excluding hydrogens is 272 g/mol. The second kappa shape index (κ2) is 5.88. The molecule has 2 N–H and O–H groups in total. The lowest BCUT2D eigenvalue weighted by Crippen LogP contribution is -2.28. The average Bonchev–Trinajstić information content (AvgIpc) is 2.25. The zero-order valence-electron chi connectivity index (χ0n) is 10.9. The highest BCUT2D eigenvalue weighted by atomic mass is 35.5. The van der Waals surface area contributed by atoms with Crippen molar-refractivity contribution in [3.05, 3.63) is 23.4 Å². The Bertz CT molecular complexity index is 497. The van der Waals surface area contributed by atoms with E-state index in [2.05, 4.69) is 10.3 Å². The molecule has 1 amide bonds. The summed E-state index contributed by atoms with van der Waals surface area (Å²) >= 11 is 5.62. The topological polar surface area (TPSA) is 88.5 Å². The van der Waals surface area contributed by atoms with Crippen molar-refractivity contribution in [1.29, 1.82) is 0 Å². The van der Waals surface area contributed by atoms with Gasteiger partial charge in [-0.1, -0.05) is 0 Å². The molecule has 0 aliphatic carbocycles. The van der Waals surface area contributed by atoms with E-state index in [0.29, 0.717) is 5.69 Å². The number of aromatic carboxylic acids is 1. The van der Waals surface area contributed by atoms with Gasteiger partial charge in [-0.3, -0.25) is 5.32 Å². The lowest BCUT2D eigenvalue weighted by Gasteiger charge is -2.19. The molecule has 19 heavy (non-hydrogen) atoms. The van der Waals surface area contributed by atoms with E-state index in [4.69, 9.17) is 21.4 Å². The van der Waals surface area contributed by atoms with E-state index in [0.717, 1.165) is 0 Å². The number of rotatable bonds is 3. The number of amides is 1. The van der Waals surface area contributed by atoms with E-state index in [1.54, 1.807) is 20.8 Å². The van der Waals surface area contributed by atoms with Crippen LogP contribution in [-0.4, -0.2) is 27.8 Å². The third kappa shape index (κ3) is 4.75. The first-order valence-corrected chi connectivity index (χ1v) is 6.05. The van der Waals surface area contributed by atoms with Crippen LogP contribution in [0.4, 0.5) is 10.6 Å². The molecule has 1 aromatic rings. The Morgan fingerprint density at radius 3 is 2.53 bits per heavy atom. The van der Waals surface area contributed by atoms with E-state index in [1.165, 1.54) is 12.1 Å². The largest absolute Gasteiger partial charge is 0.478 e. The van der Waals surface area contributed by atoms with Crippen LogP contribution in [0.1, 0.15) is 36.8 Å². The number of nitrogens with zero attached hydrogens (tertiary/aromatic N) is 1. The van der Waals surface area contributed by atoms with E-state index in [1.807, 2.05) is 0 Å². The normalized spacial score (nSPS) is 10.9. The zero-order valence-corrected chi connectivity index (χ0v) is 11.6. The number of carbonyl (C=O) groups excluding carboxylic acids is 1. The van der Waals surface area contributed by atoms with Gasteiger partial charge in [-0.05, 0) is 32.9 Å². The van der Waals surface area contributed by atoms with Crippen LogP contribution in [0.3, 0.4) is 0 Å². The summed E-state index contributed by atoms with van der Waals surface area (Å²) in [4.78, 5) is 26.6. The Balaban J connectivity index is 2.98. The van der Waals surface area contributed by atoms with Crippen LogP contribution in [0.5, 0.6) is 0 Å². The van der Waals surface area contributed by atoms with Crippen molar-refractivity contribution >= 4 is 29.5 Å². The molecule has 0 unspecified atom stereocenters. The van der Waals surface area contributed by atoms with Crippen molar-refractivity contribution in [2.45, 2.75) is 32.3 Å². The number of alkyl halides is 1. The first kappa shape index (κ1) is 15.2. The van der Waals surface area contributed by atoms with Crippen LogP contribution in [0.25, 0.3) is 0 Å². The number of anilines is 1. The fraction of sp³-hybridized carbons (Fsp3) is 0.417. The minimum Gasteiger partial charge on any atom is -0.478 e. The maximum absolute atomic E-state index is 11.6. The Hall–Kier alpha value is -1.82. The van der Waals surface area contributed by atoms with E-state index in [9.17, 15) is 9.59 Å². The lowest BCUT2D eigenvalue weighted by molar-refractivity contribution is 0.0635. The summed E-state index contributed by atoms with van der Waals surface area (Å²) in [6.07, 6.45) is -0.769. The van der Waals surface area contributed by atoms with Crippen molar-refractivity contribution in [2.75, 3.05) is 5.32 Å². The third-order valence-corrected chi connectivity index (χ3v) is 2.21. The monoisotopic (exact) mass is 286 g/mol. The van der Waals surface area contributed by atoms with Gasteiger partial charge in [-0.2, -0.15) is 0 Å². The summed E-state index contributed by atoms with van der Waals surface area (Å²) < 4.78 is 5.03. The number of aromatic nitrogens is 1. The zero-order chi connectivity index (χ0) is 14.6. The Kier molecular flexibility index (Phi) is 4.72. The number of pyridine rings is 1. The highest BCUT2D eigenvalue weighted by Crippen LogP contribution is 2.16. The molecule has 1 aromatic heterocycles. The predicted molar refractivity (Wildman–Crippen MR) is 70.6 cm³/mol. The van der Waals surface area contributed by atoms with Crippen molar-refractivity contribution in [3.63, 3.8) is 0 Å². The highest BCUT2D eigenvalue weighted by Gasteiger charge is 2.19.